The minimum Gasteiger partial charge on any atom is -0.383 e. The van der Waals surface area contributed by atoms with Crippen LogP contribution in [-0.4, -0.2) is 82.3 Å². The molecule has 0 bridgehead atoms. The van der Waals surface area contributed by atoms with Crippen LogP contribution in [0.4, 0.5) is 13.2 Å². The molecule has 5 atom stereocenters. The molecule has 5 unspecified atom stereocenters. The summed E-state index contributed by atoms with van der Waals surface area (Å²) in [5.74, 6) is 4.12. The molecule has 2 fully saturated rings. The van der Waals surface area contributed by atoms with Gasteiger partial charge >= 0.3 is 6.18 Å². The second-order valence-electron chi connectivity index (χ2n) is 11.8. The molecule has 1 amide bonds. The Morgan fingerprint density at radius 2 is 1.90 bits per heavy atom. The number of halogens is 3. The standard InChI is InChI=1S/C31H34F3N7O/c1-19-27(9-7-22(29(19)31(32,33)34)16-40-17-24-14-39(3)15-25(24)18-40)38-30(42)23-11-21(20(2)35-12-23)6-8-26-13-36-28-5-4-10-37-41(26)28/h4-5,7,9-13,19-20,24-25,29,35H,14-18H2,1-3H3,(H,38,42). The lowest BCUT2D eigenvalue weighted by atomic mass is 9.80. The summed E-state index contributed by atoms with van der Waals surface area (Å²) in [6.45, 7) is 7.39. The fourth-order valence-corrected chi connectivity index (χ4v) is 6.63. The first-order valence-electron chi connectivity index (χ1n) is 14.2. The van der Waals surface area contributed by atoms with E-state index in [1.165, 1.54) is 6.92 Å². The lowest BCUT2D eigenvalue weighted by Crippen LogP contribution is -2.41. The van der Waals surface area contributed by atoms with Crippen molar-refractivity contribution < 1.29 is 18.0 Å². The average Bonchev–Trinajstić information content (AvgIpc) is 3.61. The summed E-state index contributed by atoms with van der Waals surface area (Å²) in [4.78, 5) is 22.0. The Labute approximate surface area is 243 Å². The number of carbonyl (C=O) groups excluding carboxylic acids is 1. The number of amides is 1. The Balaban J connectivity index is 1.17. The molecule has 2 aromatic heterocycles. The highest BCUT2D eigenvalue weighted by Crippen LogP contribution is 2.43. The van der Waals surface area contributed by atoms with Crippen molar-refractivity contribution in [3.8, 4) is 11.8 Å². The molecule has 0 radical (unpaired) electrons. The van der Waals surface area contributed by atoms with Gasteiger partial charge in [0.05, 0.1) is 23.7 Å². The minimum absolute atomic E-state index is 0.153. The molecule has 11 heteroatoms. The topological polar surface area (TPSA) is 77.8 Å². The quantitative estimate of drug-likeness (QED) is 0.544. The van der Waals surface area contributed by atoms with Gasteiger partial charge in [-0.05, 0) is 61.6 Å². The highest BCUT2D eigenvalue weighted by molar-refractivity contribution is 5.98. The maximum Gasteiger partial charge on any atom is 0.396 e. The van der Waals surface area contributed by atoms with Gasteiger partial charge < -0.3 is 15.5 Å². The first-order valence-corrected chi connectivity index (χ1v) is 14.2. The van der Waals surface area contributed by atoms with Crippen molar-refractivity contribution in [2.24, 2.45) is 23.7 Å². The van der Waals surface area contributed by atoms with E-state index in [1.54, 1.807) is 47.4 Å². The Kier molecular flexibility index (Phi) is 7.45. The Bertz CT molecular complexity index is 1560. The third-order valence-electron chi connectivity index (χ3n) is 8.77. The van der Waals surface area contributed by atoms with Crippen molar-refractivity contribution in [2.75, 3.05) is 39.8 Å². The summed E-state index contributed by atoms with van der Waals surface area (Å²) in [6, 6.07) is 3.46. The van der Waals surface area contributed by atoms with Crippen LogP contribution in [0.3, 0.4) is 0 Å². The number of likely N-dealkylation sites (tertiary alicyclic amines) is 2. The van der Waals surface area contributed by atoms with Gasteiger partial charge in [0.2, 0.25) is 0 Å². The zero-order chi connectivity index (χ0) is 29.6. The largest absolute Gasteiger partial charge is 0.396 e. The predicted molar refractivity (Wildman–Crippen MR) is 153 cm³/mol. The summed E-state index contributed by atoms with van der Waals surface area (Å²) in [5, 5.41) is 10.1. The zero-order valence-corrected chi connectivity index (χ0v) is 23.8. The van der Waals surface area contributed by atoms with Gasteiger partial charge in [0.15, 0.2) is 5.65 Å². The van der Waals surface area contributed by atoms with E-state index in [-0.39, 0.29) is 17.3 Å². The Hall–Kier alpha value is -3.88. The molecule has 4 aliphatic rings. The number of dihydropyridines is 1. The van der Waals surface area contributed by atoms with Crippen LogP contribution in [0.2, 0.25) is 0 Å². The van der Waals surface area contributed by atoms with E-state index < -0.39 is 23.9 Å². The van der Waals surface area contributed by atoms with Crippen molar-refractivity contribution in [3.63, 3.8) is 0 Å². The Morgan fingerprint density at radius 3 is 2.64 bits per heavy atom. The van der Waals surface area contributed by atoms with Crippen molar-refractivity contribution in [3.05, 3.63) is 77.1 Å². The van der Waals surface area contributed by atoms with Gasteiger partial charge in [-0.1, -0.05) is 18.9 Å². The number of aromatic nitrogens is 3. The lowest BCUT2D eigenvalue weighted by molar-refractivity contribution is -0.174. The fraction of sp³-hybridized carbons (Fsp3) is 0.452. The second kappa shape index (κ2) is 11.1. The maximum atomic E-state index is 14.4. The number of nitrogens with zero attached hydrogens (tertiary/aromatic N) is 5. The molecule has 42 heavy (non-hydrogen) atoms. The van der Waals surface area contributed by atoms with Crippen molar-refractivity contribution in [1.29, 1.82) is 0 Å². The summed E-state index contributed by atoms with van der Waals surface area (Å²) >= 11 is 0. The van der Waals surface area contributed by atoms with E-state index in [0.29, 0.717) is 40.9 Å². The minimum atomic E-state index is -4.43. The SMILES string of the molecule is CC1NC=C(C(=O)NC2=CC=C(CN3CC4CN(C)CC4C3)C(C(F)(F)F)C2C)C=C1C#Cc1cnc2cccnn12. The number of hydrogen-bond acceptors (Lipinski definition) is 6. The van der Waals surface area contributed by atoms with Crippen LogP contribution in [0.15, 0.2) is 71.4 Å². The number of allylic oxidation sites excluding steroid dienone is 3. The van der Waals surface area contributed by atoms with Crippen molar-refractivity contribution in [1.82, 2.24) is 35.0 Å². The summed E-state index contributed by atoms with van der Waals surface area (Å²) in [5.41, 5.74) is 2.83. The van der Waals surface area contributed by atoms with E-state index in [1.807, 2.05) is 13.0 Å². The summed E-state index contributed by atoms with van der Waals surface area (Å²) < 4.78 is 44.8. The van der Waals surface area contributed by atoms with Gasteiger partial charge in [0, 0.05) is 62.3 Å². The number of nitrogens with one attached hydrogen (secondary N) is 2. The highest BCUT2D eigenvalue weighted by atomic mass is 19.4. The van der Waals surface area contributed by atoms with Crippen LogP contribution >= 0.6 is 0 Å². The number of hydrogen-bond donors (Lipinski definition) is 2. The van der Waals surface area contributed by atoms with Crippen LogP contribution in [0.5, 0.6) is 0 Å². The molecule has 8 nitrogen and oxygen atoms in total. The number of rotatable bonds is 4. The highest BCUT2D eigenvalue weighted by Gasteiger charge is 2.48. The molecule has 2 N–H and O–H groups in total. The third kappa shape index (κ3) is 5.61. The van der Waals surface area contributed by atoms with Gasteiger partial charge in [-0.15, -0.1) is 0 Å². The van der Waals surface area contributed by atoms with Gasteiger partial charge in [0.1, 0.15) is 5.69 Å². The van der Waals surface area contributed by atoms with Crippen molar-refractivity contribution in [2.45, 2.75) is 26.1 Å². The Morgan fingerprint density at radius 1 is 1.14 bits per heavy atom. The number of imidazole rings is 1. The molecular weight excluding hydrogens is 543 g/mol. The molecule has 2 aromatic rings. The number of alkyl halides is 3. The molecule has 5 heterocycles. The maximum absolute atomic E-state index is 14.4. The van der Waals surface area contributed by atoms with Gasteiger partial charge in [-0.2, -0.15) is 18.3 Å². The van der Waals surface area contributed by atoms with Crippen LogP contribution in [0.1, 0.15) is 19.5 Å². The third-order valence-corrected chi connectivity index (χ3v) is 8.77. The molecule has 0 spiro atoms. The molecular formula is C31H34F3N7O. The van der Waals surface area contributed by atoms with E-state index in [9.17, 15) is 18.0 Å². The summed E-state index contributed by atoms with van der Waals surface area (Å²) in [6.07, 6.45) is 5.27. The zero-order valence-electron chi connectivity index (χ0n) is 23.8. The molecule has 0 saturated carbocycles. The van der Waals surface area contributed by atoms with E-state index in [0.717, 1.165) is 26.2 Å². The normalized spacial score (nSPS) is 28.2. The van der Waals surface area contributed by atoms with Crippen molar-refractivity contribution >= 4 is 11.6 Å². The van der Waals surface area contributed by atoms with E-state index in [2.05, 4.69) is 49.4 Å². The molecule has 1 aliphatic carbocycles. The second-order valence-corrected chi connectivity index (χ2v) is 11.8. The van der Waals surface area contributed by atoms with Gasteiger partial charge in [-0.3, -0.25) is 9.69 Å². The molecule has 2 saturated heterocycles. The van der Waals surface area contributed by atoms with E-state index >= 15 is 0 Å². The van der Waals surface area contributed by atoms with Crippen LogP contribution in [0, 0.1) is 35.5 Å². The molecule has 3 aliphatic heterocycles. The molecule has 220 valence electrons. The van der Waals surface area contributed by atoms with Gasteiger partial charge in [-0.25, -0.2) is 9.50 Å². The fourth-order valence-electron chi connectivity index (χ4n) is 6.63. The smallest absolute Gasteiger partial charge is 0.383 e. The number of carbonyl (C=O) groups is 1. The lowest BCUT2D eigenvalue weighted by Gasteiger charge is -2.35. The van der Waals surface area contributed by atoms with Crippen LogP contribution < -0.4 is 10.6 Å². The molecule has 0 aromatic carbocycles. The first-order chi connectivity index (χ1) is 20.1. The summed E-state index contributed by atoms with van der Waals surface area (Å²) in [7, 11) is 2.10. The first kappa shape index (κ1) is 28.2. The monoisotopic (exact) mass is 577 g/mol. The predicted octanol–water partition coefficient (Wildman–Crippen LogP) is 3.13. The number of fused-ring (bicyclic) bond motifs is 2. The van der Waals surface area contributed by atoms with Crippen LogP contribution in [-0.2, 0) is 4.79 Å². The van der Waals surface area contributed by atoms with Gasteiger partial charge in [0.25, 0.3) is 5.91 Å². The van der Waals surface area contributed by atoms with E-state index in [4.69, 9.17) is 0 Å². The molecule has 6 rings (SSSR count). The average molecular weight is 578 g/mol. The van der Waals surface area contributed by atoms with Crippen LogP contribution in [0.25, 0.3) is 5.65 Å².